The standard InChI is InChI=1S/C16H18ClF2N5O/c1-9-8-24(23-13(9)14(17)25)15-20-10(2)7-12(22-15)21-11-3-5-16(18,19)6-4-11/h7-8,11H,3-6H2,1-2H3,(H,20,21,22). The van der Waals surface area contributed by atoms with Crippen LogP contribution in [0.2, 0.25) is 0 Å². The second-order valence-corrected chi connectivity index (χ2v) is 6.69. The molecule has 1 aliphatic carbocycles. The first-order chi connectivity index (χ1) is 11.7. The summed E-state index contributed by atoms with van der Waals surface area (Å²) >= 11 is 5.49. The Morgan fingerprint density at radius 2 is 2.00 bits per heavy atom. The Morgan fingerprint density at radius 3 is 2.60 bits per heavy atom. The number of hydrogen-bond acceptors (Lipinski definition) is 5. The number of hydrogen-bond donors (Lipinski definition) is 1. The highest BCUT2D eigenvalue weighted by Crippen LogP contribution is 2.34. The molecule has 0 spiro atoms. The fourth-order valence-corrected chi connectivity index (χ4v) is 3.07. The maximum Gasteiger partial charge on any atom is 0.273 e. The first-order valence-electron chi connectivity index (χ1n) is 8.00. The van der Waals surface area contributed by atoms with Crippen LogP contribution in [0.15, 0.2) is 12.3 Å². The highest BCUT2D eigenvalue weighted by molar-refractivity contribution is 6.67. The van der Waals surface area contributed by atoms with Gasteiger partial charge in [-0.05, 0) is 43.9 Å². The molecule has 2 aromatic rings. The summed E-state index contributed by atoms with van der Waals surface area (Å²) in [4.78, 5) is 20.0. The summed E-state index contributed by atoms with van der Waals surface area (Å²) in [6, 6.07) is 1.70. The molecule has 1 saturated carbocycles. The van der Waals surface area contributed by atoms with Gasteiger partial charge in [-0.2, -0.15) is 10.1 Å². The summed E-state index contributed by atoms with van der Waals surface area (Å²) in [7, 11) is 0. The van der Waals surface area contributed by atoms with E-state index in [9.17, 15) is 13.6 Å². The van der Waals surface area contributed by atoms with Crippen LogP contribution in [-0.2, 0) is 0 Å². The van der Waals surface area contributed by atoms with Gasteiger partial charge in [0, 0.05) is 36.8 Å². The molecule has 9 heteroatoms. The molecule has 0 amide bonds. The molecule has 0 aromatic carbocycles. The molecule has 0 aliphatic heterocycles. The van der Waals surface area contributed by atoms with Crippen LogP contribution in [0.1, 0.15) is 47.4 Å². The van der Waals surface area contributed by atoms with Gasteiger partial charge in [0.2, 0.25) is 5.92 Å². The molecular weight excluding hydrogens is 352 g/mol. The lowest BCUT2D eigenvalue weighted by molar-refractivity contribution is -0.0361. The predicted molar refractivity (Wildman–Crippen MR) is 89.6 cm³/mol. The Bertz CT molecular complexity index is 798. The first kappa shape index (κ1) is 17.7. The van der Waals surface area contributed by atoms with Gasteiger partial charge in [-0.25, -0.2) is 18.4 Å². The fourth-order valence-electron chi connectivity index (χ4n) is 2.88. The average molecular weight is 370 g/mol. The minimum Gasteiger partial charge on any atom is -0.367 e. The molecule has 2 heterocycles. The van der Waals surface area contributed by atoms with Crippen LogP contribution < -0.4 is 5.32 Å². The smallest absolute Gasteiger partial charge is 0.273 e. The first-order valence-corrected chi connectivity index (χ1v) is 8.38. The molecule has 2 aromatic heterocycles. The van der Waals surface area contributed by atoms with Crippen LogP contribution in [0.25, 0.3) is 5.95 Å². The van der Waals surface area contributed by atoms with Crippen LogP contribution in [0, 0.1) is 13.8 Å². The van der Waals surface area contributed by atoms with Crippen molar-refractivity contribution in [1.29, 1.82) is 0 Å². The SMILES string of the molecule is Cc1cc(NC2CCC(F)(F)CC2)nc(-n2cc(C)c(C(=O)Cl)n2)n1. The molecule has 0 radical (unpaired) electrons. The number of carbonyl (C=O) groups is 1. The van der Waals surface area contributed by atoms with Crippen molar-refractivity contribution in [2.75, 3.05) is 5.32 Å². The van der Waals surface area contributed by atoms with Crippen LogP contribution in [-0.4, -0.2) is 37.0 Å². The molecule has 1 aliphatic rings. The predicted octanol–water partition coefficient (Wildman–Crippen LogP) is 3.65. The fraction of sp³-hybridized carbons (Fsp3) is 0.500. The van der Waals surface area contributed by atoms with E-state index in [1.165, 1.54) is 4.68 Å². The van der Waals surface area contributed by atoms with Gasteiger partial charge < -0.3 is 5.32 Å². The van der Waals surface area contributed by atoms with Gasteiger partial charge in [-0.15, -0.1) is 0 Å². The zero-order valence-electron chi connectivity index (χ0n) is 13.9. The van der Waals surface area contributed by atoms with Crippen LogP contribution in [0.4, 0.5) is 14.6 Å². The van der Waals surface area contributed by atoms with E-state index in [2.05, 4.69) is 20.4 Å². The van der Waals surface area contributed by atoms with E-state index in [0.717, 1.165) is 0 Å². The largest absolute Gasteiger partial charge is 0.367 e. The number of carbonyl (C=O) groups excluding carboxylic acids is 1. The van der Waals surface area contributed by atoms with Crippen LogP contribution in [0.3, 0.4) is 0 Å². The molecular formula is C16H18ClF2N5O. The zero-order valence-corrected chi connectivity index (χ0v) is 14.6. The molecule has 0 unspecified atom stereocenters. The van der Waals surface area contributed by atoms with Crippen molar-refractivity contribution in [3.8, 4) is 5.95 Å². The third kappa shape index (κ3) is 4.12. The summed E-state index contributed by atoms with van der Waals surface area (Å²) in [6.45, 7) is 3.52. The molecule has 25 heavy (non-hydrogen) atoms. The Kier molecular flexibility index (Phi) is 4.73. The van der Waals surface area contributed by atoms with Gasteiger partial charge >= 0.3 is 0 Å². The van der Waals surface area contributed by atoms with E-state index in [4.69, 9.17) is 11.6 Å². The summed E-state index contributed by atoms with van der Waals surface area (Å²) in [5.41, 5.74) is 1.46. The Balaban J connectivity index is 1.81. The Hall–Kier alpha value is -2.09. The lowest BCUT2D eigenvalue weighted by Crippen LogP contribution is -2.32. The minimum atomic E-state index is -2.57. The molecule has 0 atom stereocenters. The number of aryl methyl sites for hydroxylation is 2. The molecule has 0 bridgehead atoms. The minimum absolute atomic E-state index is 0.0545. The quantitative estimate of drug-likeness (QED) is 0.833. The number of anilines is 1. The van der Waals surface area contributed by atoms with Gasteiger partial charge in [0.15, 0.2) is 0 Å². The van der Waals surface area contributed by atoms with Crippen LogP contribution >= 0.6 is 11.6 Å². The summed E-state index contributed by atoms with van der Waals surface area (Å²) in [5.74, 6) is -1.73. The third-order valence-electron chi connectivity index (χ3n) is 4.20. The maximum absolute atomic E-state index is 13.3. The number of aromatic nitrogens is 4. The van der Waals surface area contributed by atoms with E-state index in [0.29, 0.717) is 29.9 Å². The molecule has 134 valence electrons. The monoisotopic (exact) mass is 369 g/mol. The summed E-state index contributed by atoms with van der Waals surface area (Å²) < 4.78 is 27.9. The second-order valence-electron chi connectivity index (χ2n) is 6.35. The number of nitrogens with one attached hydrogen (secondary N) is 1. The number of nitrogens with zero attached hydrogens (tertiary/aromatic N) is 4. The average Bonchev–Trinajstić information content (AvgIpc) is 2.91. The normalized spacial score (nSPS) is 17.5. The van der Waals surface area contributed by atoms with Crippen molar-refractivity contribution < 1.29 is 13.6 Å². The van der Waals surface area contributed by atoms with Gasteiger partial charge in [-0.3, -0.25) is 4.79 Å². The van der Waals surface area contributed by atoms with E-state index < -0.39 is 11.2 Å². The van der Waals surface area contributed by atoms with E-state index >= 15 is 0 Å². The van der Waals surface area contributed by atoms with Crippen molar-refractivity contribution >= 4 is 22.7 Å². The van der Waals surface area contributed by atoms with Crippen LogP contribution in [0.5, 0.6) is 0 Å². The van der Waals surface area contributed by atoms with Gasteiger partial charge in [0.25, 0.3) is 11.2 Å². The summed E-state index contributed by atoms with van der Waals surface area (Å²) in [5, 5.41) is 6.66. The molecule has 3 rings (SSSR count). The third-order valence-corrected chi connectivity index (χ3v) is 4.38. The molecule has 6 nitrogen and oxygen atoms in total. The van der Waals surface area contributed by atoms with Crippen molar-refractivity contribution in [1.82, 2.24) is 19.7 Å². The highest BCUT2D eigenvalue weighted by Gasteiger charge is 2.35. The van der Waals surface area contributed by atoms with Crippen molar-refractivity contribution in [3.63, 3.8) is 0 Å². The van der Waals surface area contributed by atoms with E-state index in [-0.39, 0.29) is 30.5 Å². The Labute approximate surface area is 148 Å². The lowest BCUT2D eigenvalue weighted by Gasteiger charge is -2.29. The number of alkyl halides is 2. The van der Waals surface area contributed by atoms with E-state index in [1.807, 2.05) is 0 Å². The van der Waals surface area contributed by atoms with Gasteiger partial charge in [-0.1, -0.05) is 0 Å². The lowest BCUT2D eigenvalue weighted by atomic mass is 9.92. The zero-order chi connectivity index (χ0) is 18.2. The Morgan fingerprint density at radius 1 is 1.32 bits per heavy atom. The van der Waals surface area contributed by atoms with E-state index in [1.54, 1.807) is 26.1 Å². The molecule has 1 N–H and O–H groups in total. The number of halogens is 3. The molecule has 0 saturated heterocycles. The topological polar surface area (TPSA) is 72.7 Å². The van der Waals surface area contributed by atoms with Gasteiger partial charge in [0.05, 0.1) is 0 Å². The summed E-state index contributed by atoms with van der Waals surface area (Å²) in [6.07, 6.45) is 2.14. The van der Waals surface area contributed by atoms with Crippen molar-refractivity contribution in [3.05, 3.63) is 29.2 Å². The maximum atomic E-state index is 13.3. The van der Waals surface area contributed by atoms with Crippen molar-refractivity contribution in [2.24, 2.45) is 0 Å². The number of rotatable bonds is 4. The highest BCUT2D eigenvalue weighted by atomic mass is 35.5. The van der Waals surface area contributed by atoms with Crippen molar-refractivity contribution in [2.45, 2.75) is 51.5 Å². The second kappa shape index (κ2) is 6.67. The molecule has 1 fully saturated rings. The van der Waals surface area contributed by atoms with Gasteiger partial charge in [0.1, 0.15) is 11.5 Å².